The summed E-state index contributed by atoms with van der Waals surface area (Å²) < 4.78 is 2.28. The van der Waals surface area contributed by atoms with E-state index in [-0.39, 0.29) is 0 Å². The number of benzene rings is 1. The molecule has 0 bridgehead atoms. The van der Waals surface area contributed by atoms with Crippen molar-refractivity contribution in [3.05, 3.63) is 40.7 Å². The van der Waals surface area contributed by atoms with Gasteiger partial charge in [0.15, 0.2) is 5.16 Å². The van der Waals surface area contributed by atoms with Gasteiger partial charge in [-0.3, -0.25) is 0 Å². The van der Waals surface area contributed by atoms with Gasteiger partial charge in [0.05, 0.1) is 0 Å². The second-order valence-electron chi connectivity index (χ2n) is 5.46. The summed E-state index contributed by atoms with van der Waals surface area (Å²) in [6.07, 6.45) is 2.50. The van der Waals surface area contributed by atoms with Crippen LogP contribution in [0.25, 0.3) is 0 Å². The van der Waals surface area contributed by atoms with Gasteiger partial charge in [0.25, 0.3) is 0 Å². The molecule has 1 aliphatic rings. The van der Waals surface area contributed by atoms with Crippen LogP contribution in [-0.2, 0) is 5.75 Å². The summed E-state index contributed by atoms with van der Waals surface area (Å²) in [5.74, 6) is 2.61. The summed E-state index contributed by atoms with van der Waals surface area (Å²) in [5.41, 5.74) is 1.14. The van der Waals surface area contributed by atoms with E-state index in [1.165, 1.54) is 12.8 Å². The Morgan fingerprint density at radius 1 is 1.30 bits per heavy atom. The average molecular weight is 308 g/mol. The minimum absolute atomic E-state index is 0.398. The standard InChI is InChI=1S/C15H18ClN3S/c1-10(2)19-14(11-7-8-11)17-18-15(19)20-9-12-5-3-4-6-13(12)16/h3-6,10-11H,7-9H2,1-2H3. The maximum Gasteiger partial charge on any atom is 0.191 e. The van der Waals surface area contributed by atoms with Crippen molar-refractivity contribution < 1.29 is 0 Å². The first-order valence-electron chi connectivity index (χ1n) is 6.98. The smallest absolute Gasteiger partial charge is 0.191 e. The monoisotopic (exact) mass is 307 g/mol. The maximum absolute atomic E-state index is 6.20. The Bertz CT molecular complexity index is 605. The first-order valence-corrected chi connectivity index (χ1v) is 8.34. The van der Waals surface area contributed by atoms with Crippen molar-refractivity contribution in [2.45, 2.75) is 49.6 Å². The van der Waals surface area contributed by atoms with E-state index >= 15 is 0 Å². The van der Waals surface area contributed by atoms with Crippen molar-refractivity contribution in [3.63, 3.8) is 0 Å². The molecule has 2 aromatic rings. The normalized spacial score (nSPS) is 15.0. The summed E-state index contributed by atoms with van der Waals surface area (Å²) in [4.78, 5) is 0. The van der Waals surface area contributed by atoms with Crippen LogP contribution in [0.3, 0.4) is 0 Å². The lowest BCUT2D eigenvalue weighted by Gasteiger charge is -2.13. The largest absolute Gasteiger partial charge is 0.303 e. The first kappa shape index (κ1) is 14.0. The molecular weight excluding hydrogens is 290 g/mol. The Balaban J connectivity index is 1.79. The van der Waals surface area contributed by atoms with Gasteiger partial charge in [-0.2, -0.15) is 0 Å². The minimum Gasteiger partial charge on any atom is -0.303 e. The van der Waals surface area contributed by atoms with E-state index in [0.717, 1.165) is 27.3 Å². The molecular formula is C15H18ClN3S. The number of halogens is 1. The average Bonchev–Trinajstić information content (AvgIpc) is 3.18. The van der Waals surface area contributed by atoms with Crippen molar-refractivity contribution in [3.8, 4) is 0 Å². The molecule has 0 radical (unpaired) electrons. The van der Waals surface area contributed by atoms with Crippen molar-refractivity contribution in [2.24, 2.45) is 0 Å². The lowest BCUT2D eigenvalue weighted by Crippen LogP contribution is -2.07. The molecule has 1 fully saturated rings. The zero-order chi connectivity index (χ0) is 14.1. The van der Waals surface area contributed by atoms with E-state index in [1.807, 2.05) is 18.2 Å². The van der Waals surface area contributed by atoms with E-state index in [9.17, 15) is 0 Å². The molecule has 1 heterocycles. The van der Waals surface area contributed by atoms with Gasteiger partial charge in [0, 0.05) is 22.7 Å². The molecule has 0 aliphatic heterocycles. The highest BCUT2D eigenvalue weighted by Crippen LogP contribution is 2.41. The topological polar surface area (TPSA) is 30.7 Å². The molecule has 3 rings (SSSR count). The van der Waals surface area contributed by atoms with Crippen LogP contribution >= 0.6 is 23.4 Å². The molecule has 0 spiro atoms. The highest BCUT2D eigenvalue weighted by atomic mass is 35.5. The second-order valence-corrected chi connectivity index (χ2v) is 6.81. The number of thioether (sulfide) groups is 1. The SMILES string of the molecule is CC(C)n1c(SCc2ccccc2Cl)nnc1C1CC1. The van der Waals surface area contributed by atoms with Crippen molar-refractivity contribution in [1.82, 2.24) is 14.8 Å². The van der Waals surface area contributed by atoms with Gasteiger partial charge in [-0.1, -0.05) is 41.6 Å². The van der Waals surface area contributed by atoms with E-state index in [2.05, 4.69) is 34.7 Å². The lowest BCUT2D eigenvalue weighted by molar-refractivity contribution is 0.526. The Kier molecular flexibility index (Phi) is 4.03. The number of rotatable bonds is 5. The van der Waals surface area contributed by atoms with E-state index in [4.69, 9.17) is 11.6 Å². The molecule has 0 unspecified atom stereocenters. The Hall–Kier alpha value is -1.00. The van der Waals surface area contributed by atoms with Gasteiger partial charge in [0.1, 0.15) is 5.82 Å². The van der Waals surface area contributed by atoms with Crippen LogP contribution in [0, 0.1) is 0 Å². The van der Waals surface area contributed by atoms with Crippen LogP contribution in [0.1, 0.15) is 50.0 Å². The summed E-state index contributed by atoms with van der Waals surface area (Å²) in [6, 6.07) is 8.37. The number of aromatic nitrogens is 3. The van der Waals surface area contributed by atoms with Crippen LogP contribution in [-0.4, -0.2) is 14.8 Å². The number of hydrogen-bond donors (Lipinski definition) is 0. The predicted molar refractivity (Wildman–Crippen MR) is 83.4 cm³/mol. The third kappa shape index (κ3) is 2.86. The van der Waals surface area contributed by atoms with Crippen molar-refractivity contribution >= 4 is 23.4 Å². The van der Waals surface area contributed by atoms with Gasteiger partial charge in [-0.05, 0) is 38.3 Å². The molecule has 106 valence electrons. The van der Waals surface area contributed by atoms with Crippen LogP contribution in [0.15, 0.2) is 29.4 Å². The van der Waals surface area contributed by atoms with E-state index in [1.54, 1.807) is 11.8 Å². The molecule has 0 N–H and O–H groups in total. The summed E-state index contributed by atoms with van der Waals surface area (Å²) >= 11 is 7.92. The molecule has 1 saturated carbocycles. The van der Waals surface area contributed by atoms with Crippen molar-refractivity contribution in [2.75, 3.05) is 0 Å². The maximum atomic E-state index is 6.20. The molecule has 1 aliphatic carbocycles. The van der Waals surface area contributed by atoms with Crippen LogP contribution < -0.4 is 0 Å². The molecule has 1 aromatic heterocycles. The highest BCUT2D eigenvalue weighted by molar-refractivity contribution is 7.98. The van der Waals surface area contributed by atoms with Gasteiger partial charge >= 0.3 is 0 Å². The fraction of sp³-hybridized carbons (Fsp3) is 0.467. The molecule has 20 heavy (non-hydrogen) atoms. The third-order valence-electron chi connectivity index (χ3n) is 3.46. The Morgan fingerprint density at radius 2 is 2.05 bits per heavy atom. The van der Waals surface area contributed by atoms with Crippen LogP contribution in [0.2, 0.25) is 5.02 Å². The van der Waals surface area contributed by atoms with Gasteiger partial charge in [-0.15, -0.1) is 10.2 Å². The molecule has 0 saturated heterocycles. The molecule has 1 aromatic carbocycles. The predicted octanol–water partition coefficient (Wildman–Crippen LogP) is 4.68. The molecule has 5 heteroatoms. The second kappa shape index (κ2) is 5.78. The van der Waals surface area contributed by atoms with Gasteiger partial charge in [-0.25, -0.2) is 0 Å². The zero-order valence-electron chi connectivity index (χ0n) is 11.7. The summed E-state index contributed by atoms with van der Waals surface area (Å²) in [7, 11) is 0. The number of hydrogen-bond acceptors (Lipinski definition) is 3. The van der Waals surface area contributed by atoms with Gasteiger partial charge < -0.3 is 4.57 Å². The van der Waals surface area contributed by atoms with Crippen molar-refractivity contribution in [1.29, 1.82) is 0 Å². The third-order valence-corrected chi connectivity index (χ3v) is 4.83. The van der Waals surface area contributed by atoms with Crippen LogP contribution in [0.5, 0.6) is 0 Å². The van der Waals surface area contributed by atoms with E-state index < -0.39 is 0 Å². The van der Waals surface area contributed by atoms with Crippen LogP contribution in [0.4, 0.5) is 0 Å². The van der Waals surface area contributed by atoms with Gasteiger partial charge in [0.2, 0.25) is 0 Å². The molecule has 0 amide bonds. The lowest BCUT2D eigenvalue weighted by atomic mass is 10.2. The zero-order valence-corrected chi connectivity index (χ0v) is 13.3. The quantitative estimate of drug-likeness (QED) is 0.751. The highest BCUT2D eigenvalue weighted by Gasteiger charge is 2.31. The summed E-state index contributed by atoms with van der Waals surface area (Å²) in [5, 5.41) is 10.6. The minimum atomic E-state index is 0.398. The Morgan fingerprint density at radius 3 is 2.70 bits per heavy atom. The summed E-state index contributed by atoms with van der Waals surface area (Å²) in [6.45, 7) is 4.38. The van der Waals surface area contributed by atoms with E-state index in [0.29, 0.717) is 12.0 Å². The molecule has 3 nitrogen and oxygen atoms in total. The fourth-order valence-corrected chi connectivity index (χ4v) is 3.61. The fourth-order valence-electron chi connectivity index (χ4n) is 2.25. The number of nitrogens with zero attached hydrogens (tertiary/aromatic N) is 3. The first-order chi connectivity index (χ1) is 9.66. The molecule has 0 atom stereocenters. The Labute approximate surface area is 128 Å².